The highest BCUT2D eigenvalue weighted by Gasteiger charge is 2.74. The van der Waals surface area contributed by atoms with Gasteiger partial charge >= 0.3 is 5.97 Å². The molecule has 146 valence electrons. The molecule has 1 saturated carbocycles. The van der Waals surface area contributed by atoms with Gasteiger partial charge in [0, 0.05) is 13.0 Å². The lowest BCUT2D eigenvalue weighted by atomic mass is 9.72. The van der Waals surface area contributed by atoms with E-state index in [0.717, 1.165) is 43.4 Å². The van der Waals surface area contributed by atoms with Gasteiger partial charge in [0.05, 0.1) is 18.7 Å². The highest BCUT2D eigenvalue weighted by Crippen LogP contribution is 2.64. The minimum absolute atomic E-state index is 0.172. The number of esters is 1. The van der Waals surface area contributed by atoms with E-state index < -0.39 is 11.1 Å². The first-order chi connectivity index (χ1) is 13.6. The minimum Gasteiger partial charge on any atom is -0.496 e. The molecule has 3 fully saturated rings. The standard InChI is InChI=1S/C23H25NO4/c1-27-19-15-21(26)28-23(19)18(13-16-7-3-2-4-8-16)14-17-9-5-6-12-24-20(25)10-11-22(17,23)24/h2-4,7-8,13,15,17H,5-6,9-12,14H2,1H3/b18-13+/t17-,22-,23-/m0/s1. The molecule has 1 aliphatic carbocycles. The fraction of sp³-hybridized carbons (Fsp3) is 0.478. The van der Waals surface area contributed by atoms with Gasteiger partial charge in [-0.25, -0.2) is 4.79 Å². The summed E-state index contributed by atoms with van der Waals surface area (Å²) in [6, 6.07) is 10.1. The van der Waals surface area contributed by atoms with Crippen molar-refractivity contribution in [1.82, 2.24) is 4.90 Å². The Balaban J connectivity index is 1.75. The predicted octanol–water partition coefficient (Wildman–Crippen LogP) is 3.46. The van der Waals surface area contributed by atoms with Gasteiger partial charge < -0.3 is 14.4 Å². The molecule has 0 aromatic heterocycles. The molecule has 0 radical (unpaired) electrons. The van der Waals surface area contributed by atoms with Crippen LogP contribution in [0.25, 0.3) is 6.08 Å². The van der Waals surface area contributed by atoms with Crippen LogP contribution in [0.2, 0.25) is 0 Å². The first kappa shape index (κ1) is 17.5. The molecule has 0 unspecified atom stereocenters. The molecule has 1 aromatic carbocycles. The molecule has 2 saturated heterocycles. The molecule has 28 heavy (non-hydrogen) atoms. The molecule has 2 spiro atoms. The van der Waals surface area contributed by atoms with Crippen molar-refractivity contribution in [3.05, 3.63) is 53.3 Å². The lowest BCUT2D eigenvalue weighted by Crippen LogP contribution is -2.63. The quantitative estimate of drug-likeness (QED) is 0.739. The normalized spacial score (nSPS) is 35.6. The Morgan fingerprint density at radius 3 is 2.82 bits per heavy atom. The zero-order valence-electron chi connectivity index (χ0n) is 16.1. The summed E-state index contributed by atoms with van der Waals surface area (Å²) in [5, 5.41) is 0. The molecule has 3 aliphatic heterocycles. The van der Waals surface area contributed by atoms with Gasteiger partial charge in [0.15, 0.2) is 5.76 Å². The molecule has 1 amide bonds. The number of hydrogen-bond donors (Lipinski definition) is 0. The highest BCUT2D eigenvalue weighted by molar-refractivity contribution is 5.90. The fourth-order valence-corrected chi connectivity index (χ4v) is 6.13. The maximum absolute atomic E-state index is 12.9. The van der Waals surface area contributed by atoms with E-state index in [9.17, 15) is 9.59 Å². The van der Waals surface area contributed by atoms with E-state index in [1.165, 1.54) is 6.08 Å². The molecule has 4 aliphatic rings. The second-order valence-electron chi connectivity index (χ2n) is 8.26. The van der Waals surface area contributed by atoms with E-state index in [1.54, 1.807) is 7.11 Å². The molecule has 5 heteroatoms. The minimum atomic E-state index is -1.00. The Labute approximate surface area is 165 Å². The van der Waals surface area contributed by atoms with Gasteiger partial charge in [-0.2, -0.15) is 0 Å². The van der Waals surface area contributed by atoms with Crippen LogP contribution in [0.3, 0.4) is 0 Å². The van der Waals surface area contributed by atoms with Crippen LogP contribution < -0.4 is 0 Å². The third-order valence-electron chi connectivity index (χ3n) is 7.10. The summed E-state index contributed by atoms with van der Waals surface area (Å²) in [6.45, 7) is 0.726. The third kappa shape index (κ3) is 2.13. The van der Waals surface area contributed by atoms with Gasteiger partial charge in [0.1, 0.15) is 0 Å². The number of methoxy groups -OCH3 is 1. The summed E-state index contributed by atoms with van der Waals surface area (Å²) in [4.78, 5) is 27.4. The third-order valence-corrected chi connectivity index (χ3v) is 7.10. The van der Waals surface area contributed by atoms with Crippen LogP contribution in [0.15, 0.2) is 47.7 Å². The molecule has 5 nitrogen and oxygen atoms in total. The predicted molar refractivity (Wildman–Crippen MR) is 104 cm³/mol. The van der Waals surface area contributed by atoms with Crippen molar-refractivity contribution >= 4 is 18.0 Å². The number of hydrogen-bond acceptors (Lipinski definition) is 4. The molecular formula is C23H25NO4. The van der Waals surface area contributed by atoms with E-state index in [2.05, 4.69) is 18.2 Å². The second kappa shape index (κ2) is 6.23. The van der Waals surface area contributed by atoms with E-state index in [0.29, 0.717) is 18.6 Å². The first-order valence-electron chi connectivity index (χ1n) is 10.2. The largest absolute Gasteiger partial charge is 0.496 e. The van der Waals surface area contributed by atoms with Gasteiger partial charge in [0.25, 0.3) is 0 Å². The topological polar surface area (TPSA) is 55.8 Å². The van der Waals surface area contributed by atoms with Crippen molar-refractivity contribution < 1.29 is 19.1 Å². The van der Waals surface area contributed by atoms with Crippen LogP contribution in [0.1, 0.15) is 44.1 Å². The fourth-order valence-electron chi connectivity index (χ4n) is 6.13. The van der Waals surface area contributed by atoms with Crippen LogP contribution in [0.5, 0.6) is 0 Å². The Kier molecular flexibility index (Phi) is 3.90. The summed E-state index contributed by atoms with van der Waals surface area (Å²) in [5.74, 6) is 0.602. The van der Waals surface area contributed by atoms with Crippen LogP contribution in [-0.4, -0.2) is 41.6 Å². The number of nitrogens with zero attached hydrogens (tertiary/aromatic N) is 1. The van der Waals surface area contributed by atoms with E-state index >= 15 is 0 Å². The molecular weight excluding hydrogens is 354 g/mol. The Morgan fingerprint density at radius 1 is 1.21 bits per heavy atom. The SMILES string of the molecule is COC1=CC(=O)O[C@@]12/C(=C/c1ccccc1)C[C@@H]1CCCCN3C(=O)CC[C@@]132. The van der Waals surface area contributed by atoms with Crippen molar-refractivity contribution in [2.75, 3.05) is 13.7 Å². The van der Waals surface area contributed by atoms with Crippen molar-refractivity contribution in [2.45, 2.75) is 49.7 Å². The molecule has 3 heterocycles. The maximum atomic E-state index is 12.9. The zero-order valence-corrected chi connectivity index (χ0v) is 16.1. The van der Waals surface area contributed by atoms with Gasteiger partial charge in [-0.1, -0.05) is 42.8 Å². The smallest absolute Gasteiger partial charge is 0.335 e. The summed E-state index contributed by atoms with van der Waals surface area (Å²) < 4.78 is 11.9. The number of rotatable bonds is 2. The van der Waals surface area contributed by atoms with Crippen LogP contribution in [0, 0.1) is 5.92 Å². The average molecular weight is 379 g/mol. The Bertz CT molecular complexity index is 889. The number of carbonyl (C=O) groups is 2. The first-order valence-corrected chi connectivity index (χ1v) is 10.2. The molecule has 0 bridgehead atoms. The monoisotopic (exact) mass is 379 g/mol. The number of benzene rings is 1. The van der Waals surface area contributed by atoms with E-state index in [1.807, 2.05) is 23.1 Å². The molecule has 1 aromatic rings. The summed E-state index contributed by atoms with van der Waals surface area (Å²) >= 11 is 0. The van der Waals surface area contributed by atoms with Crippen LogP contribution in [0.4, 0.5) is 0 Å². The lowest BCUT2D eigenvalue weighted by molar-refractivity contribution is -0.161. The maximum Gasteiger partial charge on any atom is 0.335 e. The van der Waals surface area contributed by atoms with Crippen molar-refractivity contribution in [1.29, 1.82) is 0 Å². The average Bonchev–Trinajstić information content (AvgIpc) is 3.25. The lowest BCUT2D eigenvalue weighted by Gasteiger charge is -2.48. The van der Waals surface area contributed by atoms with Crippen LogP contribution >= 0.6 is 0 Å². The molecule has 3 atom stereocenters. The van der Waals surface area contributed by atoms with Gasteiger partial charge in [-0.05, 0) is 42.7 Å². The van der Waals surface area contributed by atoms with Gasteiger partial charge in [0.2, 0.25) is 11.5 Å². The van der Waals surface area contributed by atoms with E-state index in [-0.39, 0.29) is 17.8 Å². The van der Waals surface area contributed by atoms with Crippen molar-refractivity contribution in [3.8, 4) is 0 Å². The summed E-state index contributed by atoms with van der Waals surface area (Å²) in [5.41, 5.74) is 0.577. The van der Waals surface area contributed by atoms with Crippen molar-refractivity contribution in [2.24, 2.45) is 5.92 Å². The number of ether oxygens (including phenoxy) is 2. The summed E-state index contributed by atoms with van der Waals surface area (Å²) in [7, 11) is 1.59. The molecule has 0 N–H and O–H groups in total. The second-order valence-corrected chi connectivity index (χ2v) is 8.26. The Morgan fingerprint density at radius 2 is 2.04 bits per heavy atom. The number of amides is 1. The van der Waals surface area contributed by atoms with Gasteiger partial charge in [-0.3, -0.25) is 4.79 Å². The summed E-state index contributed by atoms with van der Waals surface area (Å²) in [6.07, 6.45) is 8.75. The van der Waals surface area contributed by atoms with E-state index in [4.69, 9.17) is 9.47 Å². The molecule has 5 rings (SSSR count). The highest BCUT2D eigenvalue weighted by atomic mass is 16.6. The zero-order chi connectivity index (χ0) is 19.4. The van der Waals surface area contributed by atoms with Crippen molar-refractivity contribution in [3.63, 3.8) is 0 Å². The Hall–Kier alpha value is -2.56. The van der Waals surface area contributed by atoms with Gasteiger partial charge in [-0.15, -0.1) is 0 Å². The number of carbonyl (C=O) groups excluding carboxylic acids is 2. The van der Waals surface area contributed by atoms with Crippen LogP contribution in [-0.2, 0) is 19.1 Å².